The molecule has 11 aromatic carbocycles. The van der Waals surface area contributed by atoms with Gasteiger partial charge < -0.3 is 26.5 Å². The molecule has 0 spiro atoms. The van der Waals surface area contributed by atoms with Crippen molar-refractivity contribution in [1.29, 1.82) is 0 Å². The summed E-state index contributed by atoms with van der Waals surface area (Å²) in [7, 11) is 0. The Balaban J connectivity index is 0.650. The molecule has 0 amide bonds. The van der Waals surface area contributed by atoms with E-state index >= 15 is 0 Å². The van der Waals surface area contributed by atoms with Crippen molar-refractivity contribution in [2.45, 2.75) is 12.8 Å². The van der Waals surface area contributed by atoms with Crippen LogP contribution in [0.2, 0.25) is 0 Å². The van der Waals surface area contributed by atoms with Crippen LogP contribution in [0.4, 0.5) is 0 Å². The Hall–Kier alpha value is -16.0. The summed E-state index contributed by atoms with van der Waals surface area (Å²) in [5.74, 6) is 1.23. The van der Waals surface area contributed by atoms with Gasteiger partial charge >= 0.3 is 0 Å². The van der Waals surface area contributed by atoms with Gasteiger partial charge in [-0.2, -0.15) is 0 Å². The molecule has 0 radical (unpaired) electrons. The van der Waals surface area contributed by atoms with Crippen LogP contribution in [0.1, 0.15) is 23.4 Å². The van der Waals surface area contributed by atoms with Gasteiger partial charge in [0.25, 0.3) is 0 Å². The number of aromatic nitrogens is 8. The molecule has 0 saturated heterocycles. The van der Waals surface area contributed by atoms with Gasteiger partial charge in [-0.15, -0.1) is 45.3 Å². The summed E-state index contributed by atoms with van der Waals surface area (Å²) in [6, 6.07) is 85.4. The van der Waals surface area contributed by atoms with Crippen LogP contribution in [0.3, 0.4) is 0 Å². The van der Waals surface area contributed by atoms with Gasteiger partial charge in [0.05, 0.1) is 0 Å². The Morgan fingerprint density at radius 1 is 0.227 bits per heavy atom. The van der Waals surface area contributed by atoms with E-state index in [1.165, 1.54) is 5.57 Å². The maximum Gasteiger partial charge on any atom is 0.173 e. The smallest absolute Gasteiger partial charge is 0.173 e. The largest absolute Gasteiger partial charge is 0.455 e. The van der Waals surface area contributed by atoms with Crippen molar-refractivity contribution >= 4 is 155 Å². The van der Waals surface area contributed by atoms with Crippen molar-refractivity contribution in [1.82, 2.24) is 39.9 Å². The predicted molar refractivity (Wildman–Crippen MR) is 519 cm³/mol. The Labute approximate surface area is 744 Å². The highest BCUT2D eigenvalue weighted by Gasteiger charge is 2.28. The fourth-order valence-corrected chi connectivity index (χ4v) is 21.5. The first kappa shape index (κ1) is 73.6. The van der Waals surface area contributed by atoms with E-state index in [2.05, 4.69) is 211 Å². The molecule has 602 valence electrons. The second kappa shape index (κ2) is 29.9. The van der Waals surface area contributed by atoms with E-state index in [0.29, 0.717) is 22.7 Å². The molecule has 18 heteroatoms. The van der Waals surface area contributed by atoms with Gasteiger partial charge in [0, 0.05) is 223 Å². The Morgan fingerprint density at radius 3 is 1.09 bits per heavy atom. The number of para-hydroxylation sites is 2. The van der Waals surface area contributed by atoms with Crippen LogP contribution < -0.4 is 0 Å². The van der Waals surface area contributed by atoms with Crippen molar-refractivity contribution in [3.05, 3.63) is 361 Å². The number of furan rings is 6. The fraction of sp³-hybridized carbons (Fsp3) is 0.0182. The summed E-state index contributed by atoms with van der Waals surface area (Å²) in [4.78, 5) is 38.2. The first-order chi connectivity index (χ1) is 63.4. The summed E-state index contributed by atoms with van der Waals surface area (Å²) in [5, 5.41) is 19.4. The zero-order valence-corrected chi connectivity index (χ0v) is 70.8. The molecule has 0 saturated carbocycles. The number of fused-ring (bicyclic) bond motifs is 13. The zero-order chi connectivity index (χ0) is 84.0. The highest BCUT2D eigenvalue weighted by atomic mass is 32.1. The monoisotopic (exact) mass is 1720 g/mol. The molecule has 128 heavy (non-hydrogen) atoms. The number of thiazole rings is 4. The maximum absolute atomic E-state index is 7.28. The third kappa shape index (κ3) is 12.3. The molecule has 26 rings (SSSR count). The summed E-state index contributed by atoms with van der Waals surface area (Å²) in [6.07, 6.45) is 28.8. The molecule has 0 unspecified atom stereocenters. The van der Waals surface area contributed by atoms with Gasteiger partial charge in [0.15, 0.2) is 11.2 Å². The molecule has 0 atom stereocenters. The van der Waals surface area contributed by atoms with Crippen LogP contribution in [0.25, 0.3) is 265 Å². The Bertz CT molecular complexity index is 8810. The fourth-order valence-electron chi connectivity index (χ4n) is 18.8. The third-order valence-corrected chi connectivity index (χ3v) is 27.9. The standard InChI is InChI=1S/C110H62N8O6S4/c1-5-19-81(107-115-33-37-125-107)73(15-1)77-23-9-25-79-89-51-69(49-85(103(89)123-101(77)79)63-13-11-31-111-55-63)67-41-65(61-27-29-95-87(47-61)93-59-113-57-91(105(93)121-95)75-17-3-7-21-83(75)109-117-35-39-127-109)43-71(45-67)97-53-99-100(119-97)54-98(120-99)72-44-66(62-28-30-96-88(48-62)94-60-114-58-92(106(94)122-96)76-18-4-8-22-84(76)110-118-36-40-128-110)42-68(46-72)70-50-86(64-14-12-32-112-56-64)104-90(52-70)80-26-10-24-78(102(80)124-104)74-16-2-6-20-82(74)108-116-34-38-126-108/h1-5,7-19,21-60H,6,20H2. The number of hydrogen-bond donors (Lipinski definition) is 0. The van der Waals surface area contributed by atoms with Crippen molar-refractivity contribution in [3.8, 4) is 155 Å². The van der Waals surface area contributed by atoms with Crippen molar-refractivity contribution in [3.63, 3.8) is 0 Å². The lowest BCUT2D eigenvalue weighted by atomic mass is 9.90. The average molecular weight is 1720 g/mol. The summed E-state index contributed by atoms with van der Waals surface area (Å²) in [5.41, 5.74) is 32.3. The minimum absolute atomic E-state index is 0.574. The lowest BCUT2D eigenvalue weighted by Gasteiger charge is -2.15. The molecule has 1 aliphatic rings. The van der Waals surface area contributed by atoms with E-state index in [9.17, 15) is 0 Å². The van der Waals surface area contributed by atoms with Gasteiger partial charge in [-0.25, -0.2) is 19.9 Å². The van der Waals surface area contributed by atoms with Gasteiger partial charge in [0.1, 0.15) is 76.2 Å². The zero-order valence-electron chi connectivity index (χ0n) is 67.6. The van der Waals surface area contributed by atoms with Crippen LogP contribution in [-0.4, -0.2) is 39.9 Å². The molecule has 14 aromatic heterocycles. The molecule has 14 nitrogen and oxygen atoms in total. The number of hydrogen-bond acceptors (Lipinski definition) is 18. The van der Waals surface area contributed by atoms with Gasteiger partial charge in [0.2, 0.25) is 0 Å². The average Bonchev–Trinajstić information content (AvgIpc) is 1.51. The lowest BCUT2D eigenvalue weighted by Crippen LogP contribution is -1.95. The van der Waals surface area contributed by atoms with E-state index in [4.69, 9.17) is 61.4 Å². The molecule has 0 bridgehead atoms. The van der Waals surface area contributed by atoms with Gasteiger partial charge in [-0.1, -0.05) is 146 Å². The molecule has 25 aromatic rings. The first-order valence-electron chi connectivity index (χ1n) is 41.9. The normalized spacial score (nSPS) is 12.6. The Morgan fingerprint density at radius 2 is 0.625 bits per heavy atom. The summed E-state index contributed by atoms with van der Waals surface area (Å²) >= 11 is 6.49. The van der Waals surface area contributed by atoms with E-state index in [-0.39, 0.29) is 0 Å². The van der Waals surface area contributed by atoms with Crippen LogP contribution >= 0.6 is 45.3 Å². The third-order valence-electron chi connectivity index (χ3n) is 24.7. The quantitative estimate of drug-likeness (QED) is 0.0891. The molecular weight excluding hydrogens is 1660 g/mol. The van der Waals surface area contributed by atoms with Crippen molar-refractivity contribution in [2.24, 2.45) is 0 Å². The first-order valence-corrected chi connectivity index (χ1v) is 45.5. The SMILES string of the molecule is C1=CC(c2cccc3c2oc2c(-c4cccnc4)cc(-c4cc(-c5ccc6oc7c(-c8ccccc8-c8nccs8)cncc7c6c5)cc(-c5cc6oc(-c7cc(-c8ccc9oc%10c(-c%11ccccc%11-c%11nccs%11)cncc%10c9c8)cc(-c8cc(-c9cccnc9)c9oc%10c(-c%11ccccc%11-c%11nccs%11)cccc%10c9c8)c7)cc6o5)c4)cc23)=C(c2nccs2)CC1. The molecular formula is C110H62N8O6S4. The van der Waals surface area contributed by atoms with E-state index in [1.54, 1.807) is 51.5 Å². The topological polar surface area (TPSA) is 182 Å². The van der Waals surface area contributed by atoms with Gasteiger partial charge in [-0.05, 0) is 182 Å². The van der Waals surface area contributed by atoms with Crippen molar-refractivity contribution < 1.29 is 26.5 Å². The number of rotatable bonds is 16. The highest BCUT2D eigenvalue weighted by Crippen LogP contribution is 2.52. The summed E-state index contributed by atoms with van der Waals surface area (Å²) in [6.45, 7) is 0. The van der Waals surface area contributed by atoms with Crippen molar-refractivity contribution in [2.75, 3.05) is 0 Å². The maximum atomic E-state index is 7.28. The predicted octanol–water partition coefficient (Wildman–Crippen LogP) is 31.6. The highest BCUT2D eigenvalue weighted by molar-refractivity contribution is 7.13. The van der Waals surface area contributed by atoms with E-state index in [1.807, 2.05) is 138 Å². The number of pyridine rings is 4. The molecule has 0 fully saturated rings. The minimum atomic E-state index is 0.574. The summed E-state index contributed by atoms with van der Waals surface area (Å²) < 4.78 is 42.9. The van der Waals surface area contributed by atoms with E-state index in [0.717, 1.165) is 260 Å². The minimum Gasteiger partial charge on any atom is -0.455 e. The van der Waals surface area contributed by atoms with Gasteiger partial charge in [-0.3, -0.25) is 19.9 Å². The Kier molecular flexibility index (Phi) is 17.2. The number of benzene rings is 11. The second-order valence-electron chi connectivity index (χ2n) is 32.0. The molecule has 1 aliphatic carbocycles. The second-order valence-corrected chi connectivity index (χ2v) is 35.6. The van der Waals surface area contributed by atoms with Crippen LogP contribution in [0, 0.1) is 0 Å². The molecule has 0 N–H and O–H groups in total. The molecule has 0 aliphatic heterocycles. The molecule has 14 heterocycles. The van der Waals surface area contributed by atoms with Crippen LogP contribution in [0.15, 0.2) is 377 Å². The van der Waals surface area contributed by atoms with Crippen LogP contribution in [-0.2, 0) is 0 Å². The van der Waals surface area contributed by atoms with Crippen LogP contribution in [0.5, 0.6) is 0 Å². The lowest BCUT2D eigenvalue weighted by molar-refractivity contribution is 0.622. The number of allylic oxidation sites excluding steroid dienone is 4. The van der Waals surface area contributed by atoms with E-state index < -0.39 is 0 Å². The number of nitrogens with zero attached hydrogens (tertiary/aromatic N) is 8.